The van der Waals surface area contributed by atoms with Crippen LogP contribution < -0.4 is 25.4 Å². The van der Waals surface area contributed by atoms with Crippen molar-refractivity contribution in [2.45, 2.75) is 144 Å². The topological polar surface area (TPSA) is 35.5 Å². The molecule has 0 aliphatic carbocycles. The minimum atomic E-state index is -2.00. The van der Waals surface area contributed by atoms with Crippen LogP contribution in [0.25, 0.3) is 0 Å². The Bertz CT molecular complexity index is 1690. The Morgan fingerprint density at radius 3 is 1.67 bits per heavy atom. The molecule has 0 amide bonds. The molecule has 5 rings (SSSR count). The summed E-state index contributed by atoms with van der Waals surface area (Å²) in [4.78, 5) is 13.7. The molecule has 0 saturated heterocycles. The summed E-state index contributed by atoms with van der Waals surface area (Å²) < 4.78 is 13.2. The molecule has 3 atom stereocenters. The van der Waals surface area contributed by atoms with Crippen LogP contribution in [-0.2, 0) is 11.2 Å². The first kappa shape index (κ1) is 42.7. The Balaban J connectivity index is 1.19. The van der Waals surface area contributed by atoms with Gasteiger partial charge in [-0.05, 0) is 131 Å². The number of rotatable bonds is 20. The number of benzene rings is 4. The number of carbonyl (C=O) groups excluding carboxylic acids is 1. The number of hydrogen-bond acceptors (Lipinski definition) is 3. The first-order valence-electron chi connectivity index (χ1n) is 21.5. The monoisotopic (exact) mass is 762 g/mol. The maximum absolute atomic E-state index is 13.7. The summed E-state index contributed by atoms with van der Waals surface area (Å²) in [7, 11) is -2.00. The highest BCUT2D eigenvalue weighted by Gasteiger charge is 2.45. The van der Waals surface area contributed by atoms with Gasteiger partial charge in [0.15, 0.2) is 0 Å². The lowest BCUT2D eigenvalue weighted by Crippen LogP contribution is -2.37. The smallest absolute Gasteiger partial charge is 0.311 e. The van der Waals surface area contributed by atoms with Crippen LogP contribution >= 0.6 is 7.26 Å². The van der Waals surface area contributed by atoms with E-state index in [0.29, 0.717) is 6.42 Å². The van der Waals surface area contributed by atoms with Gasteiger partial charge in [0, 0.05) is 12.0 Å². The minimum absolute atomic E-state index is 0.158. The Morgan fingerprint density at radius 1 is 0.673 bits per heavy atom. The fraction of sp³-hybridized carbons (Fsp3) is 0.510. The Labute approximate surface area is 335 Å². The molecule has 3 unspecified atom stereocenters. The second kappa shape index (κ2) is 20.1. The fourth-order valence-corrected chi connectivity index (χ4v) is 13.3. The molecule has 0 aromatic heterocycles. The molecule has 4 aromatic rings. The minimum Gasteiger partial charge on any atom is -0.487 e. The van der Waals surface area contributed by atoms with Gasteiger partial charge in [0.2, 0.25) is 0 Å². The molecular formula is C51H70O3P+. The van der Waals surface area contributed by atoms with Gasteiger partial charge in [-0.15, -0.1) is 0 Å². The summed E-state index contributed by atoms with van der Waals surface area (Å²) in [5.41, 5.74) is 4.22. The molecule has 0 bridgehead atoms. The average molecular weight is 762 g/mol. The van der Waals surface area contributed by atoms with Crippen molar-refractivity contribution in [3.8, 4) is 11.5 Å². The van der Waals surface area contributed by atoms with Crippen LogP contribution in [0.1, 0.15) is 134 Å². The summed E-state index contributed by atoms with van der Waals surface area (Å²) in [6.07, 6.45) is 15.7. The van der Waals surface area contributed by atoms with Crippen LogP contribution in [0.2, 0.25) is 0 Å². The third-order valence-electron chi connectivity index (χ3n) is 12.5. The highest BCUT2D eigenvalue weighted by Crippen LogP contribution is 2.56. The van der Waals surface area contributed by atoms with Crippen molar-refractivity contribution in [2.24, 2.45) is 17.8 Å². The molecule has 55 heavy (non-hydrogen) atoms. The molecule has 1 aliphatic heterocycles. The van der Waals surface area contributed by atoms with E-state index in [0.717, 1.165) is 77.8 Å². The highest BCUT2D eigenvalue weighted by atomic mass is 31.2. The molecule has 4 heteroatoms. The highest BCUT2D eigenvalue weighted by molar-refractivity contribution is 7.95. The van der Waals surface area contributed by atoms with E-state index in [1.165, 1.54) is 72.8 Å². The molecule has 0 N–H and O–H groups in total. The van der Waals surface area contributed by atoms with E-state index < -0.39 is 7.26 Å². The van der Waals surface area contributed by atoms with Crippen LogP contribution in [0.4, 0.5) is 0 Å². The van der Waals surface area contributed by atoms with Crippen molar-refractivity contribution >= 4 is 29.1 Å². The Morgan fingerprint density at radius 2 is 1.16 bits per heavy atom. The van der Waals surface area contributed by atoms with Gasteiger partial charge in [-0.1, -0.05) is 127 Å². The molecule has 0 fully saturated rings. The van der Waals surface area contributed by atoms with E-state index in [1.54, 1.807) is 0 Å². The molecule has 1 aliphatic rings. The normalized spacial score (nSPS) is 16.7. The van der Waals surface area contributed by atoms with Gasteiger partial charge in [0.1, 0.15) is 40.3 Å². The van der Waals surface area contributed by atoms with Crippen molar-refractivity contribution in [1.29, 1.82) is 0 Å². The van der Waals surface area contributed by atoms with Gasteiger partial charge in [-0.25, -0.2) is 0 Å². The maximum Gasteiger partial charge on any atom is 0.311 e. The van der Waals surface area contributed by atoms with Gasteiger partial charge >= 0.3 is 5.97 Å². The zero-order valence-corrected chi connectivity index (χ0v) is 36.4. The van der Waals surface area contributed by atoms with Crippen molar-refractivity contribution in [3.63, 3.8) is 0 Å². The van der Waals surface area contributed by atoms with Gasteiger partial charge in [0.05, 0.1) is 6.16 Å². The average Bonchev–Trinajstić information content (AvgIpc) is 3.18. The number of hydrogen-bond donors (Lipinski definition) is 0. The number of carbonyl (C=O) groups is 1. The van der Waals surface area contributed by atoms with Crippen molar-refractivity contribution in [3.05, 3.63) is 113 Å². The first-order chi connectivity index (χ1) is 26.4. The van der Waals surface area contributed by atoms with Crippen molar-refractivity contribution < 1.29 is 14.3 Å². The Kier molecular flexibility index (Phi) is 15.6. The van der Waals surface area contributed by atoms with Crippen LogP contribution in [0, 0.1) is 38.5 Å². The quantitative estimate of drug-likeness (QED) is 0.0511. The zero-order chi connectivity index (χ0) is 39.4. The summed E-state index contributed by atoms with van der Waals surface area (Å²) >= 11 is 0. The third-order valence-corrected chi connectivity index (χ3v) is 17.0. The van der Waals surface area contributed by atoms with E-state index in [4.69, 9.17) is 9.47 Å². The van der Waals surface area contributed by atoms with Crippen LogP contribution in [0.5, 0.6) is 11.5 Å². The predicted octanol–water partition coefficient (Wildman–Crippen LogP) is 12.8. The molecule has 296 valence electrons. The van der Waals surface area contributed by atoms with Gasteiger partial charge in [-0.2, -0.15) is 0 Å². The standard InChI is InChI=1S/C51H70O3P/c1-38(2)22-18-23-39(3)24-19-25-40(4)26-20-35-51(8)36-34-47-43(7)49(41(5)42(6)50(47)54-51)53-48(52)33-21-37-55(44-27-12-9-13-28-44,45-29-14-10-15-30-45)46-31-16-11-17-32-46/h9-17,27-32,38-40H,18-26,33-37H2,1-8H3/q+1. The molecule has 1 heterocycles. The molecule has 0 saturated carbocycles. The second-order valence-corrected chi connectivity index (χ2v) is 21.2. The third kappa shape index (κ3) is 11.1. The predicted molar refractivity (Wildman–Crippen MR) is 238 cm³/mol. The number of esters is 1. The first-order valence-corrected chi connectivity index (χ1v) is 23.5. The van der Waals surface area contributed by atoms with Crippen LogP contribution in [0.15, 0.2) is 91.0 Å². The SMILES string of the molecule is Cc1c(C)c2c(c(C)c1OC(=O)CCC[P+](c1ccccc1)(c1ccccc1)c1ccccc1)CCC(C)(CCCC(C)CCCC(C)CCCC(C)C)O2. The van der Waals surface area contributed by atoms with Gasteiger partial charge in [0.25, 0.3) is 0 Å². The van der Waals surface area contributed by atoms with Crippen LogP contribution in [0.3, 0.4) is 0 Å². The maximum atomic E-state index is 13.7. The fourth-order valence-electron chi connectivity index (χ4n) is 8.92. The summed E-state index contributed by atoms with van der Waals surface area (Å²) in [6.45, 7) is 18.2. The lowest BCUT2D eigenvalue weighted by molar-refractivity contribution is -0.134. The van der Waals surface area contributed by atoms with E-state index in [9.17, 15) is 4.79 Å². The van der Waals surface area contributed by atoms with E-state index in [1.807, 2.05) is 0 Å². The summed E-state index contributed by atoms with van der Waals surface area (Å²) in [5.74, 6) is 4.03. The second-order valence-electron chi connectivity index (χ2n) is 17.5. The number of fused-ring (bicyclic) bond motifs is 1. The van der Waals surface area contributed by atoms with Crippen molar-refractivity contribution in [1.82, 2.24) is 0 Å². The summed E-state index contributed by atoms with van der Waals surface area (Å²) in [6, 6.07) is 32.7. The molecule has 0 radical (unpaired) electrons. The van der Waals surface area contributed by atoms with E-state index >= 15 is 0 Å². The summed E-state index contributed by atoms with van der Waals surface area (Å²) in [5, 5.41) is 4.02. The molecular weight excluding hydrogens is 692 g/mol. The molecule has 0 spiro atoms. The number of ether oxygens (including phenoxy) is 2. The molecule has 4 aromatic carbocycles. The largest absolute Gasteiger partial charge is 0.487 e. The van der Waals surface area contributed by atoms with E-state index in [-0.39, 0.29) is 11.6 Å². The van der Waals surface area contributed by atoms with Gasteiger partial charge in [-0.3, -0.25) is 4.79 Å². The van der Waals surface area contributed by atoms with Crippen molar-refractivity contribution in [2.75, 3.05) is 6.16 Å². The Hall–Kier alpha value is -3.42. The van der Waals surface area contributed by atoms with E-state index in [2.05, 4.69) is 146 Å². The van der Waals surface area contributed by atoms with Gasteiger partial charge < -0.3 is 9.47 Å². The lowest BCUT2D eigenvalue weighted by Gasteiger charge is -2.38. The lowest BCUT2D eigenvalue weighted by atomic mass is 9.83. The zero-order valence-electron chi connectivity index (χ0n) is 35.5. The molecule has 3 nitrogen and oxygen atoms in total. The van der Waals surface area contributed by atoms with Crippen LogP contribution in [-0.4, -0.2) is 17.7 Å².